The zero-order chi connectivity index (χ0) is 13.6. The second-order valence-corrected chi connectivity index (χ2v) is 5.41. The van der Waals surface area contributed by atoms with Gasteiger partial charge in [-0.2, -0.15) is 0 Å². The lowest BCUT2D eigenvalue weighted by Gasteiger charge is -2.16. The van der Waals surface area contributed by atoms with Crippen LogP contribution < -0.4 is 0 Å². The number of aromatic hydroxyl groups is 1. The minimum absolute atomic E-state index is 0.162. The second kappa shape index (κ2) is 6.24. The average Bonchev–Trinajstić information content (AvgIpc) is 2.25. The molecule has 0 bridgehead atoms. The normalized spacial score (nSPS) is 11.7. The van der Waals surface area contributed by atoms with E-state index in [2.05, 4.69) is 20.8 Å². The number of hydrogen-bond donors (Lipinski definition) is 1. The fraction of sp³-hybridized carbons (Fsp3) is 0.400. The minimum atomic E-state index is -0.359. The Labute approximate surface area is 108 Å². The van der Waals surface area contributed by atoms with Crippen LogP contribution in [0.3, 0.4) is 0 Å². The molecule has 0 unspecified atom stereocenters. The van der Waals surface area contributed by atoms with E-state index in [1.54, 1.807) is 30.3 Å². The number of hydrogen-bond acceptors (Lipinski definition) is 3. The first-order valence-electron chi connectivity index (χ1n) is 6.01. The summed E-state index contributed by atoms with van der Waals surface area (Å²) in [4.78, 5) is 11.4. The van der Waals surface area contributed by atoms with Gasteiger partial charge in [0.15, 0.2) is 0 Å². The summed E-state index contributed by atoms with van der Waals surface area (Å²) < 4.78 is 5.08. The highest BCUT2D eigenvalue weighted by atomic mass is 16.5. The molecule has 0 aromatic heterocycles. The molecule has 0 fully saturated rings. The van der Waals surface area contributed by atoms with Gasteiger partial charge in [-0.05, 0) is 35.6 Å². The Kier molecular flexibility index (Phi) is 4.95. The van der Waals surface area contributed by atoms with Gasteiger partial charge in [0.2, 0.25) is 0 Å². The lowest BCUT2D eigenvalue weighted by Crippen LogP contribution is -2.11. The van der Waals surface area contributed by atoms with E-state index in [0.29, 0.717) is 6.61 Å². The minimum Gasteiger partial charge on any atom is -0.508 e. The molecule has 1 rings (SSSR count). The molecule has 0 saturated carbocycles. The highest BCUT2D eigenvalue weighted by Gasteiger charge is 2.10. The van der Waals surface area contributed by atoms with E-state index in [4.69, 9.17) is 4.74 Å². The zero-order valence-corrected chi connectivity index (χ0v) is 11.1. The quantitative estimate of drug-likeness (QED) is 0.656. The van der Waals surface area contributed by atoms with Gasteiger partial charge in [0.05, 0.1) is 6.61 Å². The van der Waals surface area contributed by atoms with Crippen molar-refractivity contribution >= 4 is 12.0 Å². The van der Waals surface area contributed by atoms with Crippen molar-refractivity contribution in [2.75, 3.05) is 6.61 Å². The molecular weight excluding hydrogens is 228 g/mol. The number of esters is 1. The third-order valence-corrected chi connectivity index (χ3v) is 2.38. The molecule has 1 aromatic rings. The van der Waals surface area contributed by atoms with Crippen LogP contribution in [0.5, 0.6) is 5.75 Å². The first-order chi connectivity index (χ1) is 8.37. The molecule has 0 radical (unpaired) electrons. The van der Waals surface area contributed by atoms with Crippen molar-refractivity contribution in [3.05, 3.63) is 35.9 Å². The monoisotopic (exact) mass is 248 g/mol. The van der Waals surface area contributed by atoms with Crippen LogP contribution in [0.4, 0.5) is 0 Å². The van der Waals surface area contributed by atoms with Crippen molar-refractivity contribution in [2.24, 2.45) is 5.41 Å². The van der Waals surface area contributed by atoms with Gasteiger partial charge in [0.25, 0.3) is 0 Å². The fourth-order valence-corrected chi connectivity index (χ4v) is 1.30. The molecule has 0 aliphatic carbocycles. The number of ether oxygens (including phenoxy) is 1. The van der Waals surface area contributed by atoms with Crippen LogP contribution >= 0.6 is 0 Å². The van der Waals surface area contributed by atoms with Gasteiger partial charge in [0.1, 0.15) is 5.75 Å². The smallest absolute Gasteiger partial charge is 0.330 e. The lowest BCUT2D eigenvalue weighted by atomic mass is 9.93. The maximum absolute atomic E-state index is 11.4. The summed E-state index contributed by atoms with van der Waals surface area (Å²) in [7, 11) is 0. The molecule has 0 aliphatic rings. The van der Waals surface area contributed by atoms with Gasteiger partial charge < -0.3 is 9.84 Å². The molecular formula is C15H20O3. The van der Waals surface area contributed by atoms with E-state index in [9.17, 15) is 9.90 Å². The maximum atomic E-state index is 11.4. The Morgan fingerprint density at radius 1 is 1.39 bits per heavy atom. The molecule has 3 heteroatoms. The van der Waals surface area contributed by atoms with E-state index in [0.717, 1.165) is 12.0 Å². The molecule has 0 heterocycles. The van der Waals surface area contributed by atoms with E-state index < -0.39 is 0 Å². The molecule has 0 spiro atoms. The summed E-state index contributed by atoms with van der Waals surface area (Å²) in [5.41, 5.74) is 0.928. The number of phenolic OH excluding ortho intramolecular Hbond substituents is 1. The molecule has 1 N–H and O–H groups in total. The van der Waals surface area contributed by atoms with Gasteiger partial charge in [-0.15, -0.1) is 0 Å². The molecule has 18 heavy (non-hydrogen) atoms. The third kappa shape index (κ3) is 6.09. The third-order valence-electron chi connectivity index (χ3n) is 2.38. The van der Waals surface area contributed by atoms with Crippen molar-refractivity contribution in [3.8, 4) is 5.75 Å². The highest BCUT2D eigenvalue weighted by molar-refractivity contribution is 5.87. The Bertz CT molecular complexity index is 428. The Morgan fingerprint density at radius 2 is 2.11 bits per heavy atom. The standard InChI is InChI=1S/C15H20O3/c1-15(2,3)9-10-18-14(17)8-7-12-5-4-6-13(16)11-12/h4-8,11,16H,9-10H2,1-3H3/b8-7+. The predicted octanol–water partition coefficient (Wildman–Crippen LogP) is 3.38. The number of carbonyl (C=O) groups excluding carboxylic acids is 1. The SMILES string of the molecule is CC(C)(C)CCOC(=O)/C=C/c1cccc(O)c1. The second-order valence-electron chi connectivity index (χ2n) is 5.41. The lowest BCUT2D eigenvalue weighted by molar-refractivity contribution is -0.138. The van der Waals surface area contributed by atoms with Crippen molar-refractivity contribution in [3.63, 3.8) is 0 Å². The highest BCUT2D eigenvalue weighted by Crippen LogP contribution is 2.18. The van der Waals surface area contributed by atoms with Crippen LogP contribution in [0.2, 0.25) is 0 Å². The van der Waals surface area contributed by atoms with Crippen LogP contribution in [0, 0.1) is 5.41 Å². The maximum Gasteiger partial charge on any atom is 0.330 e. The summed E-state index contributed by atoms with van der Waals surface area (Å²) in [6.07, 6.45) is 3.83. The summed E-state index contributed by atoms with van der Waals surface area (Å²) in [5, 5.41) is 9.26. The Hall–Kier alpha value is -1.77. The van der Waals surface area contributed by atoms with Crippen LogP contribution in [0.25, 0.3) is 6.08 Å². The topological polar surface area (TPSA) is 46.5 Å². The van der Waals surface area contributed by atoms with Crippen molar-refractivity contribution in [1.82, 2.24) is 0 Å². The molecule has 1 aromatic carbocycles. The van der Waals surface area contributed by atoms with Gasteiger partial charge in [-0.1, -0.05) is 32.9 Å². The zero-order valence-electron chi connectivity index (χ0n) is 11.1. The van der Waals surface area contributed by atoms with Crippen molar-refractivity contribution in [2.45, 2.75) is 27.2 Å². The number of phenols is 1. The molecule has 0 amide bonds. The number of benzene rings is 1. The van der Waals surface area contributed by atoms with Gasteiger partial charge in [0, 0.05) is 6.08 Å². The van der Waals surface area contributed by atoms with Gasteiger partial charge in [-0.3, -0.25) is 0 Å². The van der Waals surface area contributed by atoms with E-state index >= 15 is 0 Å². The van der Waals surface area contributed by atoms with Crippen LogP contribution in [-0.4, -0.2) is 17.7 Å². The van der Waals surface area contributed by atoms with E-state index in [-0.39, 0.29) is 17.1 Å². The van der Waals surface area contributed by atoms with Crippen LogP contribution in [0.15, 0.2) is 30.3 Å². The van der Waals surface area contributed by atoms with Gasteiger partial charge in [-0.25, -0.2) is 4.79 Å². The summed E-state index contributed by atoms with van der Waals surface area (Å²) in [6, 6.07) is 6.69. The first-order valence-corrected chi connectivity index (χ1v) is 6.01. The van der Waals surface area contributed by atoms with E-state index in [1.807, 2.05) is 0 Å². The largest absolute Gasteiger partial charge is 0.508 e. The molecule has 0 aliphatic heterocycles. The molecule has 3 nitrogen and oxygen atoms in total. The van der Waals surface area contributed by atoms with Crippen LogP contribution in [0.1, 0.15) is 32.8 Å². The molecule has 0 saturated heterocycles. The summed E-state index contributed by atoms with van der Waals surface area (Å²) in [6.45, 7) is 6.73. The van der Waals surface area contributed by atoms with Crippen LogP contribution in [-0.2, 0) is 9.53 Å². The van der Waals surface area contributed by atoms with Crippen molar-refractivity contribution < 1.29 is 14.6 Å². The Balaban J connectivity index is 2.40. The number of rotatable bonds is 4. The van der Waals surface area contributed by atoms with E-state index in [1.165, 1.54) is 6.08 Å². The first kappa shape index (κ1) is 14.3. The fourth-order valence-electron chi connectivity index (χ4n) is 1.30. The Morgan fingerprint density at radius 3 is 2.72 bits per heavy atom. The number of carbonyl (C=O) groups is 1. The molecule has 98 valence electrons. The summed E-state index contributed by atoms with van der Waals surface area (Å²) in [5.74, 6) is -0.180. The summed E-state index contributed by atoms with van der Waals surface area (Å²) >= 11 is 0. The van der Waals surface area contributed by atoms with Crippen molar-refractivity contribution in [1.29, 1.82) is 0 Å². The molecule has 0 atom stereocenters. The van der Waals surface area contributed by atoms with Gasteiger partial charge >= 0.3 is 5.97 Å². The average molecular weight is 248 g/mol. The predicted molar refractivity (Wildman–Crippen MR) is 72.2 cm³/mol.